The summed E-state index contributed by atoms with van der Waals surface area (Å²) in [6, 6.07) is 0. The topological polar surface area (TPSA) is 55.1 Å². The van der Waals surface area contributed by atoms with Crippen LogP contribution >= 0.6 is 23.4 Å². The first-order valence-electron chi connectivity index (χ1n) is 5.07. The zero-order valence-electron chi connectivity index (χ0n) is 9.36. The van der Waals surface area contributed by atoms with E-state index < -0.39 is 5.97 Å². The number of carboxylic acid groups (broad SMARTS) is 1. The average molecular weight is 263 g/mol. The van der Waals surface area contributed by atoms with Gasteiger partial charge in [-0.3, -0.25) is 9.48 Å². The quantitative estimate of drug-likeness (QED) is 0.801. The molecular formula is C10H15ClN2O2S. The van der Waals surface area contributed by atoms with Crippen molar-refractivity contribution in [2.75, 3.05) is 5.75 Å². The van der Waals surface area contributed by atoms with Crippen LogP contribution in [0.2, 0.25) is 5.02 Å². The second-order valence-corrected chi connectivity index (χ2v) is 4.84. The summed E-state index contributed by atoms with van der Waals surface area (Å²) in [7, 11) is 0. The molecule has 0 spiro atoms. The van der Waals surface area contributed by atoms with Crippen LogP contribution in [0, 0.1) is 6.92 Å². The van der Waals surface area contributed by atoms with E-state index in [9.17, 15) is 4.79 Å². The highest BCUT2D eigenvalue weighted by Gasteiger charge is 2.12. The number of carbonyl (C=O) groups is 1. The summed E-state index contributed by atoms with van der Waals surface area (Å²) >= 11 is 7.69. The van der Waals surface area contributed by atoms with Gasteiger partial charge in [0.05, 0.1) is 22.8 Å². The van der Waals surface area contributed by atoms with Crippen LogP contribution in [0.25, 0.3) is 0 Å². The highest BCUT2D eigenvalue weighted by molar-refractivity contribution is 7.98. The van der Waals surface area contributed by atoms with Gasteiger partial charge in [0.2, 0.25) is 0 Å². The van der Waals surface area contributed by atoms with Gasteiger partial charge in [-0.15, -0.1) is 0 Å². The second kappa shape index (κ2) is 6.15. The van der Waals surface area contributed by atoms with Crippen molar-refractivity contribution >= 4 is 29.3 Å². The number of aryl methyl sites for hydroxylation is 2. The van der Waals surface area contributed by atoms with Gasteiger partial charge in [0.1, 0.15) is 0 Å². The van der Waals surface area contributed by atoms with Crippen LogP contribution in [-0.4, -0.2) is 26.6 Å². The third-order valence-electron chi connectivity index (χ3n) is 2.15. The molecular weight excluding hydrogens is 248 g/mol. The Hall–Kier alpha value is -0.680. The van der Waals surface area contributed by atoms with E-state index in [1.807, 2.05) is 18.5 Å². The zero-order valence-corrected chi connectivity index (χ0v) is 10.9. The molecule has 4 nitrogen and oxygen atoms in total. The first kappa shape index (κ1) is 13.4. The van der Waals surface area contributed by atoms with Gasteiger partial charge in [0, 0.05) is 18.1 Å². The molecule has 0 amide bonds. The van der Waals surface area contributed by atoms with Crippen LogP contribution in [0.1, 0.15) is 24.7 Å². The van der Waals surface area contributed by atoms with Crippen molar-refractivity contribution in [1.29, 1.82) is 0 Å². The lowest BCUT2D eigenvalue weighted by atomic mass is 10.4. The molecule has 0 atom stereocenters. The van der Waals surface area contributed by atoms with Gasteiger partial charge in [-0.2, -0.15) is 16.9 Å². The van der Waals surface area contributed by atoms with E-state index in [1.165, 1.54) is 0 Å². The van der Waals surface area contributed by atoms with Gasteiger partial charge in [-0.05, 0) is 13.8 Å². The maximum Gasteiger partial charge on any atom is 0.304 e. The monoisotopic (exact) mass is 262 g/mol. The standard InChI is InChI=1S/C10H15ClN2O2S/c1-3-13-8(10(11)7(2)12-13)6-16-5-4-9(14)15/h3-6H2,1-2H3,(H,14,15). The van der Waals surface area contributed by atoms with E-state index >= 15 is 0 Å². The smallest absolute Gasteiger partial charge is 0.304 e. The Balaban J connectivity index is 2.55. The average Bonchev–Trinajstić information content (AvgIpc) is 2.50. The van der Waals surface area contributed by atoms with Gasteiger partial charge >= 0.3 is 5.97 Å². The van der Waals surface area contributed by atoms with E-state index in [0.717, 1.165) is 17.9 Å². The lowest BCUT2D eigenvalue weighted by molar-refractivity contribution is -0.136. The molecule has 0 aliphatic heterocycles. The molecule has 0 aliphatic rings. The van der Waals surface area contributed by atoms with Crippen LogP contribution in [0.4, 0.5) is 0 Å². The molecule has 0 aliphatic carbocycles. The summed E-state index contributed by atoms with van der Waals surface area (Å²) in [5, 5.41) is 13.5. The van der Waals surface area contributed by atoms with Crippen LogP contribution < -0.4 is 0 Å². The Morgan fingerprint density at radius 1 is 1.62 bits per heavy atom. The molecule has 0 radical (unpaired) electrons. The maximum absolute atomic E-state index is 10.3. The largest absolute Gasteiger partial charge is 0.481 e. The first-order valence-corrected chi connectivity index (χ1v) is 6.60. The first-order chi connectivity index (χ1) is 7.56. The van der Waals surface area contributed by atoms with Gasteiger partial charge in [0.25, 0.3) is 0 Å². The number of nitrogens with zero attached hydrogens (tertiary/aromatic N) is 2. The van der Waals surface area contributed by atoms with Crippen molar-refractivity contribution < 1.29 is 9.90 Å². The van der Waals surface area contributed by atoms with Crippen LogP contribution in [-0.2, 0) is 17.1 Å². The van der Waals surface area contributed by atoms with E-state index in [1.54, 1.807) is 11.8 Å². The number of aliphatic carboxylic acids is 1. The molecule has 1 heterocycles. The van der Waals surface area contributed by atoms with Gasteiger partial charge in [-0.1, -0.05) is 11.6 Å². The van der Waals surface area contributed by atoms with Crippen LogP contribution in [0.3, 0.4) is 0 Å². The molecule has 0 unspecified atom stereocenters. The van der Waals surface area contributed by atoms with Crippen molar-refractivity contribution in [2.24, 2.45) is 0 Å². The predicted molar refractivity (Wildman–Crippen MR) is 66.1 cm³/mol. The third kappa shape index (κ3) is 3.42. The van der Waals surface area contributed by atoms with E-state index in [0.29, 0.717) is 16.5 Å². The third-order valence-corrected chi connectivity index (χ3v) is 3.61. The van der Waals surface area contributed by atoms with E-state index in [4.69, 9.17) is 16.7 Å². The summed E-state index contributed by atoms with van der Waals surface area (Å²) in [4.78, 5) is 10.3. The lowest BCUT2D eigenvalue weighted by Crippen LogP contribution is -2.02. The summed E-state index contributed by atoms with van der Waals surface area (Å²) in [6.45, 7) is 4.66. The van der Waals surface area contributed by atoms with Crippen LogP contribution in [0.5, 0.6) is 0 Å². The Labute approximate surface area is 104 Å². The Bertz CT molecular complexity index is 379. The molecule has 1 aromatic rings. The molecule has 16 heavy (non-hydrogen) atoms. The number of aromatic nitrogens is 2. The molecule has 0 aromatic carbocycles. The van der Waals surface area contributed by atoms with Crippen molar-refractivity contribution in [1.82, 2.24) is 9.78 Å². The zero-order chi connectivity index (χ0) is 12.1. The second-order valence-electron chi connectivity index (χ2n) is 3.36. The number of thioether (sulfide) groups is 1. The molecule has 1 N–H and O–H groups in total. The Morgan fingerprint density at radius 3 is 2.88 bits per heavy atom. The maximum atomic E-state index is 10.3. The molecule has 0 saturated carbocycles. The van der Waals surface area contributed by atoms with E-state index in [-0.39, 0.29) is 6.42 Å². The number of hydrogen-bond donors (Lipinski definition) is 1. The Kier molecular flexibility index (Phi) is 5.15. The minimum Gasteiger partial charge on any atom is -0.481 e. The summed E-state index contributed by atoms with van der Waals surface area (Å²) < 4.78 is 1.87. The predicted octanol–water partition coefficient (Wildman–Crippen LogP) is 2.57. The number of rotatable bonds is 6. The molecule has 6 heteroatoms. The number of hydrogen-bond acceptors (Lipinski definition) is 3. The van der Waals surface area contributed by atoms with Crippen molar-refractivity contribution in [3.63, 3.8) is 0 Å². The summed E-state index contributed by atoms with van der Waals surface area (Å²) in [5.74, 6) is 0.541. The van der Waals surface area contributed by atoms with Crippen molar-refractivity contribution in [3.05, 3.63) is 16.4 Å². The van der Waals surface area contributed by atoms with Crippen molar-refractivity contribution in [3.8, 4) is 0 Å². The van der Waals surface area contributed by atoms with E-state index in [2.05, 4.69) is 5.10 Å². The Morgan fingerprint density at radius 2 is 2.31 bits per heavy atom. The number of carboxylic acids is 1. The minimum atomic E-state index is -0.765. The molecule has 1 rings (SSSR count). The van der Waals surface area contributed by atoms with Crippen LogP contribution in [0.15, 0.2) is 0 Å². The fraction of sp³-hybridized carbons (Fsp3) is 0.600. The molecule has 0 bridgehead atoms. The molecule has 0 saturated heterocycles. The fourth-order valence-electron chi connectivity index (χ4n) is 1.34. The van der Waals surface area contributed by atoms with Gasteiger partial charge in [-0.25, -0.2) is 0 Å². The normalized spacial score (nSPS) is 10.7. The fourth-order valence-corrected chi connectivity index (χ4v) is 2.57. The number of halogens is 1. The van der Waals surface area contributed by atoms with Gasteiger partial charge in [0.15, 0.2) is 0 Å². The highest BCUT2D eigenvalue weighted by Crippen LogP contribution is 2.24. The van der Waals surface area contributed by atoms with Gasteiger partial charge < -0.3 is 5.11 Å². The summed E-state index contributed by atoms with van der Waals surface area (Å²) in [5.41, 5.74) is 1.81. The SMILES string of the molecule is CCn1nc(C)c(Cl)c1CSCCC(=O)O. The summed E-state index contributed by atoms with van der Waals surface area (Å²) in [6.07, 6.45) is 0.182. The van der Waals surface area contributed by atoms with Crippen molar-refractivity contribution in [2.45, 2.75) is 32.6 Å². The highest BCUT2D eigenvalue weighted by atomic mass is 35.5. The lowest BCUT2D eigenvalue weighted by Gasteiger charge is -2.04. The molecule has 1 aromatic heterocycles. The molecule has 90 valence electrons. The molecule has 0 fully saturated rings. The minimum absolute atomic E-state index is 0.182.